The minimum absolute atomic E-state index is 1.56. The van der Waals surface area contributed by atoms with Crippen molar-refractivity contribution in [3.8, 4) is 0 Å². The molecule has 0 saturated heterocycles. The third-order valence-corrected chi connectivity index (χ3v) is 3.60. The first-order chi connectivity index (χ1) is 5.24. The highest BCUT2D eigenvalue weighted by atomic mass is 28.4. The number of hydrogen-bond donors (Lipinski definition) is 0. The molecule has 0 radical (unpaired) electrons. The minimum Gasteiger partial charge on any atom is -0.374 e. The molecule has 0 aromatic carbocycles. The summed E-state index contributed by atoms with van der Waals surface area (Å²) < 4.78 is 15.3. The first kappa shape index (κ1) is 10.6. The maximum absolute atomic E-state index is 5.10. The van der Waals surface area contributed by atoms with E-state index in [4.69, 9.17) is 13.3 Å². The van der Waals surface area contributed by atoms with Crippen molar-refractivity contribution in [2.75, 3.05) is 21.3 Å². The molecular weight excluding hydrogens is 160 g/mol. The summed E-state index contributed by atoms with van der Waals surface area (Å²) in [5, 5.41) is 0. The van der Waals surface area contributed by atoms with E-state index in [-0.39, 0.29) is 0 Å². The predicted octanol–water partition coefficient (Wildman–Crippen LogP) is 1.15. The molecule has 4 heteroatoms. The van der Waals surface area contributed by atoms with E-state index in [0.29, 0.717) is 0 Å². The van der Waals surface area contributed by atoms with Gasteiger partial charge in [0.2, 0.25) is 0 Å². The molecular formula is C7H14O3Si. The zero-order chi connectivity index (χ0) is 8.74. The molecule has 0 aromatic rings. The van der Waals surface area contributed by atoms with E-state index in [0.717, 1.165) is 0 Å². The fourth-order valence-electron chi connectivity index (χ4n) is 0.640. The topological polar surface area (TPSA) is 27.7 Å². The smallest absolute Gasteiger partial charge is 0.374 e. The summed E-state index contributed by atoms with van der Waals surface area (Å²) in [6, 6.07) is 0. The fourth-order valence-corrected chi connectivity index (χ4v) is 1.92. The second-order valence-corrected chi connectivity index (χ2v) is 4.58. The highest BCUT2D eigenvalue weighted by Crippen LogP contribution is 2.06. The Labute approximate surface area is 68.6 Å². The minimum atomic E-state index is -2.49. The molecule has 64 valence electrons. The average Bonchev–Trinajstić information content (AvgIpc) is 2.08. The fraction of sp³-hybridized carbons (Fsp3) is 0.429. The maximum Gasteiger partial charge on any atom is 0.528 e. The molecule has 0 spiro atoms. The lowest BCUT2D eigenvalue weighted by Crippen LogP contribution is -2.40. The van der Waals surface area contributed by atoms with Crippen LogP contribution in [-0.4, -0.2) is 30.1 Å². The van der Waals surface area contributed by atoms with E-state index in [1.54, 1.807) is 39.2 Å². The molecule has 0 saturated carbocycles. The monoisotopic (exact) mass is 174 g/mol. The second-order valence-electron chi connectivity index (χ2n) is 1.81. The Hall–Kier alpha value is -0.423. The molecule has 0 atom stereocenters. The van der Waals surface area contributed by atoms with Crippen LogP contribution in [0.5, 0.6) is 0 Å². The van der Waals surface area contributed by atoms with Gasteiger partial charge in [0, 0.05) is 21.3 Å². The van der Waals surface area contributed by atoms with Gasteiger partial charge in [0.1, 0.15) is 0 Å². The van der Waals surface area contributed by atoms with Crippen LogP contribution in [-0.2, 0) is 13.3 Å². The summed E-state index contributed by atoms with van der Waals surface area (Å²) in [7, 11) is 2.20. The van der Waals surface area contributed by atoms with E-state index in [9.17, 15) is 0 Å². The molecule has 0 aliphatic rings. The molecule has 0 unspecified atom stereocenters. The zero-order valence-electron chi connectivity index (χ0n) is 7.16. The van der Waals surface area contributed by atoms with Crippen molar-refractivity contribution in [2.45, 2.75) is 0 Å². The van der Waals surface area contributed by atoms with Crippen LogP contribution in [0.15, 0.2) is 24.4 Å². The van der Waals surface area contributed by atoms with Crippen molar-refractivity contribution in [3.05, 3.63) is 24.4 Å². The van der Waals surface area contributed by atoms with Crippen molar-refractivity contribution >= 4 is 8.80 Å². The molecule has 0 N–H and O–H groups in total. The van der Waals surface area contributed by atoms with Gasteiger partial charge < -0.3 is 13.3 Å². The molecule has 0 aliphatic heterocycles. The molecule has 3 nitrogen and oxygen atoms in total. The third kappa shape index (κ3) is 2.98. The summed E-state index contributed by atoms with van der Waals surface area (Å²) >= 11 is 0. The lowest BCUT2D eigenvalue weighted by molar-refractivity contribution is 0.138. The van der Waals surface area contributed by atoms with Crippen molar-refractivity contribution in [1.29, 1.82) is 0 Å². The number of allylic oxidation sites excluding steroid dienone is 2. The van der Waals surface area contributed by atoms with Gasteiger partial charge in [-0.05, 0) is 5.70 Å². The van der Waals surface area contributed by atoms with Gasteiger partial charge in [-0.1, -0.05) is 18.7 Å². The Balaban J connectivity index is 4.27. The first-order valence-electron chi connectivity index (χ1n) is 3.20. The molecule has 0 heterocycles. The van der Waals surface area contributed by atoms with Crippen LogP contribution < -0.4 is 0 Å². The van der Waals surface area contributed by atoms with Crippen LogP contribution in [0.2, 0.25) is 0 Å². The van der Waals surface area contributed by atoms with E-state index < -0.39 is 8.80 Å². The van der Waals surface area contributed by atoms with E-state index in [1.165, 1.54) is 0 Å². The van der Waals surface area contributed by atoms with Crippen molar-refractivity contribution < 1.29 is 13.3 Å². The van der Waals surface area contributed by atoms with Gasteiger partial charge in [0.15, 0.2) is 0 Å². The Morgan fingerprint density at radius 3 is 1.82 bits per heavy atom. The molecule has 0 fully saturated rings. The van der Waals surface area contributed by atoms with Crippen molar-refractivity contribution in [2.24, 2.45) is 0 Å². The molecule has 0 amide bonds. The van der Waals surface area contributed by atoms with Gasteiger partial charge in [-0.2, -0.15) is 0 Å². The van der Waals surface area contributed by atoms with Gasteiger partial charge >= 0.3 is 8.80 Å². The van der Waals surface area contributed by atoms with Gasteiger partial charge in [-0.15, -0.1) is 0 Å². The Morgan fingerprint density at radius 2 is 1.55 bits per heavy atom. The molecule has 11 heavy (non-hydrogen) atoms. The predicted molar refractivity (Wildman–Crippen MR) is 46.1 cm³/mol. The van der Waals surface area contributed by atoms with E-state index in [1.807, 2.05) is 0 Å². The van der Waals surface area contributed by atoms with Crippen LogP contribution in [0.1, 0.15) is 0 Å². The average molecular weight is 174 g/mol. The summed E-state index contributed by atoms with van der Waals surface area (Å²) in [6.45, 7) is 3.54. The normalized spacial score (nSPS) is 12.3. The summed E-state index contributed by atoms with van der Waals surface area (Å²) in [5.41, 5.74) is 1.76. The summed E-state index contributed by atoms with van der Waals surface area (Å²) in [4.78, 5) is 0. The summed E-state index contributed by atoms with van der Waals surface area (Å²) in [5.74, 6) is 0. The molecule has 0 aliphatic carbocycles. The SMILES string of the molecule is C=CC=C[Si](OC)(OC)OC. The third-order valence-electron chi connectivity index (χ3n) is 1.29. The van der Waals surface area contributed by atoms with Gasteiger partial charge in [0.25, 0.3) is 0 Å². The lowest BCUT2D eigenvalue weighted by atomic mass is 10.6. The standard InChI is InChI=1S/C7H14O3Si/c1-5-6-7-11(8-2,9-3)10-4/h5-7H,1H2,2-4H3. The van der Waals surface area contributed by atoms with Gasteiger partial charge in [-0.25, -0.2) is 0 Å². The maximum atomic E-state index is 5.10. The van der Waals surface area contributed by atoms with Crippen LogP contribution in [0.3, 0.4) is 0 Å². The Kier molecular flexibility index (Phi) is 5.05. The van der Waals surface area contributed by atoms with Crippen LogP contribution >= 0.6 is 0 Å². The number of rotatable bonds is 5. The van der Waals surface area contributed by atoms with Crippen LogP contribution in [0.4, 0.5) is 0 Å². The van der Waals surface area contributed by atoms with Gasteiger partial charge in [-0.3, -0.25) is 0 Å². The molecule has 0 aromatic heterocycles. The Bertz CT molecular complexity index is 132. The summed E-state index contributed by atoms with van der Waals surface area (Å²) in [6.07, 6.45) is 3.40. The zero-order valence-corrected chi connectivity index (χ0v) is 8.16. The lowest BCUT2D eigenvalue weighted by Gasteiger charge is -2.19. The largest absolute Gasteiger partial charge is 0.528 e. The quantitative estimate of drug-likeness (QED) is 0.462. The van der Waals surface area contributed by atoms with Crippen molar-refractivity contribution in [3.63, 3.8) is 0 Å². The molecule has 0 rings (SSSR count). The Morgan fingerprint density at radius 1 is 1.09 bits per heavy atom. The van der Waals surface area contributed by atoms with E-state index >= 15 is 0 Å². The second kappa shape index (κ2) is 5.26. The van der Waals surface area contributed by atoms with Crippen molar-refractivity contribution in [1.82, 2.24) is 0 Å². The number of hydrogen-bond acceptors (Lipinski definition) is 3. The first-order valence-corrected chi connectivity index (χ1v) is 5.00. The van der Waals surface area contributed by atoms with Crippen LogP contribution in [0.25, 0.3) is 0 Å². The van der Waals surface area contributed by atoms with Gasteiger partial charge in [0.05, 0.1) is 0 Å². The van der Waals surface area contributed by atoms with E-state index in [2.05, 4.69) is 6.58 Å². The highest BCUT2D eigenvalue weighted by Gasteiger charge is 2.33. The highest BCUT2D eigenvalue weighted by molar-refractivity contribution is 6.66. The van der Waals surface area contributed by atoms with Crippen LogP contribution in [0, 0.1) is 0 Å². The molecule has 0 bridgehead atoms.